The van der Waals surface area contributed by atoms with Gasteiger partial charge < -0.3 is 0 Å². The summed E-state index contributed by atoms with van der Waals surface area (Å²) in [6.07, 6.45) is 2.16. The van der Waals surface area contributed by atoms with Crippen molar-refractivity contribution in [2.75, 3.05) is 0 Å². The van der Waals surface area contributed by atoms with Crippen LogP contribution in [0.25, 0.3) is 0 Å². The minimum atomic E-state index is -0.922. The first-order chi connectivity index (χ1) is 11.7. The lowest BCUT2D eigenvalue weighted by molar-refractivity contribution is 0.519. The molecule has 0 saturated heterocycles. The van der Waals surface area contributed by atoms with Gasteiger partial charge in [0.05, 0.1) is 11.1 Å². The molecule has 3 aromatic rings. The largest absolute Gasteiger partial charge is 0.261 e. The fourth-order valence-electron chi connectivity index (χ4n) is 3.62. The van der Waals surface area contributed by atoms with Crippen LogP contribution in [-0.2, 0) is 5.41 Å². The number of halogens is 2. The third-order valence-corrected chi connectivity index (χ3v) is 4.65. The van der Waals surface area contributed by atoms with Gasteiger partial charge in [0.2, 0.25) is 0 Å². The molecule has 1 unspecified atom stereocenters. The van der Waals surface area contributed by atoms with Gasteiger partial charge in [0.25, 0.3) is 0 Å². The fourth-order valence-corrected chi connectivity index (χ4v) is 3.62. The van der Waals surface area contributed by atoms with Crippen molar-refractivity contribution in [1.29, 1.82) is 0 Å². The van der Waals surface area contributed by atoms with Crippen molar-refractivity contribution in [3.63, 3.8) is 0 Å². The highest BCUT2D eigenvalue weighted by molar-refractivity contribution is 5.77. The van der Waals surface area contributed by atoms with Gasteiger partial charge in [-0.1, -0.05) is 54.6 Å². The van der Waals surface area contributed by atoms with Gasteiger partial charge in [-0.05, 0) is 23.8 Å². The third-order valence-electron chi connectivity index (χ3n) is 4.65. The van der Waals surface area contributed by atoms with Crippen LogP contribution in [-0.4, -0.2) is 6.21 Å². The lowest BCUT2D eigenvalue weighted by Gasteiger charge is -2.38. The Balaban J connectivity index is 2.13. The van der Waals surface area contributed by atoms with Crippen LogP contribution in [0.15, 0.2) is 77.8 Å². The van der Waals surface area contributed by atoms with Crippen molar-refractivity contribution in [2.45, 2.75) is 11.8 Å². The SMILES string of the molecule is Fc1ccccc1C1(c2ccccc2)CC=Nc2cccc(F)c21. The highest BCUT2D eigenvalue weighted by atomic mass is 19.1. The van der Waals surface area contributed by atoms with E-state index >= 15 is 0 Å². The maximum atomic E-state index is 14.9. The van der Waals surface area contributed by atoms with Crippen molar-refractivity contribution in [3.8, 4) is 0 Å². The molecule has 1 heterocycles. The molecule has 0 N–H and O–H groups in total. The second-order valence-electron chi connectivity index (χ2n) is 5.90. The molecule has 0 bridgehead atoms. The Hall–Kier alpha value is -2.81. The molecular weight excluding hydrogens is 304 g/mol. The zero-order valence-corrected chi connectivity index (χ0v) is 12.9. The van der Waals surface area contributed by atoms with Crippen LogP contribution in [0.3, 0.4) is 0 Å². The summed E-state index contributed by atoms with van der Waals surface area (Å²) in [5.41, 5.74) is 1.38. The zero-order valence-electron chi connectivity index (χ0n) is 12.9. The maximum absolute atomic E-state index is 14.9. The molecule has 0 amide bonds. The topological polar surface area (TPSA) is 12.4 Å². The molecule has 1 atom stereocenters. The molecule has 1 aliphatic rings. The molecule has 0 fully saturated rings. The van der Waals surface area contributed by atoms with E-state index in [1.807, 2.05) is 30.3 Å². The van der Waals surface area contributed by atoms with Crippen molar-refractivity contribution in [1.82, 2.24) is 0 Å². The highest BCUT2D eigenvalue weighted by Crippen LogP contribution is 2.49. The van der Waals surface area contributed by atoms with Crippen molar-refractivity contribution in [3.05, 3.63) is 101 Å². The third kappa shape index (κ3) is 2.08. The second kappa shape index (κ2) is 5.68. The summed E-state index contributed by atoms with van der Waals surface area (Å²) >= 11 is 0. The summed E-state index contributed by atoms with van der Waals surface area (Å²) in [4.78, 5) is 4.34. The number of hydrogen-bond donors (Lipinski definition) is 0. The molecule has 0 saturated carbocycles. The molecule has 4 rings (SSSR count). The Labute approximate surface area is 139 Å². The van der Waals surface area contributed by atoms with Crippen LogP contribution in [0, 0.1) is 11.6 Å². The number of rotatable bonds is 2. The van der Waals surface area contributed by atoms with E-state index in [4.69, 9.17) is 0 Å². The maximum Gasteiger partial charge on any atom is 0.129 e. The van der Waals surface area contributed by atoms with Gasteiger partial charge >= 0.3 is 0 Å². The molecule has 1 aliphatic heterocycles. The van der Waals surface area contributed by atoms with Crippen LogP contribution in [0.4, 0.5) is 14.5 Å². The molecule has 0 aliphatic carbocycles. The summed E-state index contributed by atoms with van der Waals surface area (Å²) in [6.45, 7) is 0. The molecular formula is C21H15F2N. The molecule has 24 heavy (non-hydrogen) atoms. The van der Waals surface area contributed by atoms with Crippen LogP contribution >= 0.6 is 0 Å². The van der Waals surface area contributed by atoms with E-state index in [0.717, 1.165) is 5.56 Å². The lowest BCUT2D eigenvalue weighted by atomic mass is 9.66. The summed E-state index contributed by atoms with van der Waals surface area (Å²) in [5, 5.41) is 0. The molecule has 3 heteroatoms. The van der Waals surface area contributed by atoms with Gasteiger partial charge in [0.15, 0.2) is 0 Å². The first kappa shape index (κ1) is 14.8. The number of hydrogen-bond acceptors (Lipinski definition) is 1. The predicted octanol–water partition coefficient (Wildman–Crippen LogP) is 5.41. The Morgan fingerprint density at radius 3 is 2.25 bits per heavy atom. The number of aliphatic imine (C=N–C) groups is 1. The quantitative estimate of drug-likeness (QED) is 0.599. The molecule has 1 nitrogen and oxygen atoms in total. The highest BCUT2D eigenvalue weighted by Gasteiger charge is 2.42. The van der Waals surface area contributed by atoms with E-state index in [9.17, 15) is 8.78 Å². The monoisotopic (exact) mass is 319 g/mol. The van der Waals surface area contributed by atoms with Gasteiger partial charge in [0.1, 0.15) is 11.6 Å². The minimum absolute atomic E-state index is 0.342. The van der Waals surface area contributed by atoms with Crippen LogP contribution in [0.5, 0.6) is 0 Å². The van der Waals surface area contributed by atoms with Crippen LogP contribution < -0.4 is 0 Å². The standard InChI is InChI=1S/C21H15F2N/c22-17-10-5-4-9-16(17)21(15-7-2-1-3-8-15)13-14-24-19-12-6-11-18(23)20(19)21/h1-12,14H,13H2. The molecule has 0 radical (unpaired) electrons. The van der Waals surface area contributed by atoms with Gasteiger partial charge in [0, 0.05) is 23.8 Å². The van der Waals surface area contributed by atoms with Crippen LogP contribution in [0.2, 0.25) is 0 Å². The molecule has 118 valence electrons. The minimum Gasteiger partial charge on any atom is -0.261 e. The average Bonchev–Trinajstić information content (AvgIpc) is 2.62. The van der Waals surface area contributed by atoms with Crippen molar-refractivity contribution < 1.29 is 8.78 Å². The summed E-state index contributed by atoms with van der Waals surface area (Å²) in [7, 11) is 0. The van der Waals surface area contributed by atoms with Gasteiger partial charge in [-0.3, -0.25) is 4.99 Å². The summed E-state index contributed by atoms with van der Waals surface area (Å²) < 4.78 is 29.6. The normalized spacial score (nSPS) is 19.1. The molecule has 0 spiro atoms. The van der Waals surface area contributed by atoms with E-state index in [-0.39, 0.29) is 11.6 Å². The Morgan fingerprint density at radius 1 is 0.750 bits per heavy atom. The van der Waals surface area contributed by atoms with Crippen molar-refractivity contribution >= 4 is 11.9 Å². The van der Waals surface area contributed by atoms with Crippen LogP contribution in [0.1, 0.15) is 23.1 Å². The van der Waals surface area contributed by atoms with Crippen molar-refractivity contribution in [2.24, 2.45) is 4.99 Å². The zero-order chi connectivity index (χ0) is 16.6. The van der Waals surface area contributed by atoms with Gasteiger partial charge in [-0.25, -0.2) is 8.78 Å². The Bertz CT molecular complexity index is 918. The van der Waals surface area contributed by atoms with E-state index in [1.165, 1.54) is 12.1 Å². The van der Waals surface area contributed by atoms with E-state index in [2.05, 4.69) is 4.99 Å². The Kier molecular flexibility index (Phi) is 3.49. The first-order valence-corrected chi connectivity index (χ1v) is 7.85. The predicted molar refractivity (Wildman–Crippen MR) is 91.9 cm³/mol. The number of fused-ring (bicyclic) bond motifs is 1. The fraction of sp³-hybridized carbons (Fsp3) is 0.0952. The van der Waals surface area contributed by atoms with E-state index < -0.39 is 5.41 Å². The average molecular weight is 319 g/mol. The summed E-state index contributed by atoms with van der Waals surface area (Å²) in [6, 6.07) is 20.9. The first-order valence-electron chi connectivity index (χ1n) is 7.85. The Morgan fingerprint density at radius 2 is 1.46 bits per heavy atom. The lowest BCUT2D eigenvalue weighted by Crippen LogP contribution is -2.34. The number of benzene rings is 3. The second-order valence-corrected chi connectivity index (χ2v) is 5.90. The van der Waals surface area contributed by atoms with E-state index in [0.29, 0.717) is 23.2 Å². The number of nitrogens with zero attached hydrogens (tertiary/aromatic N) is 1. The van der Waals surface area contributed by atoms with Gasteiger partial charge in [-0.2, -0.15) is 0 Å². The molecule has 3 aromatic carbocycles. The molecule has 0 aromatic heterocycles. The smallest absolute Gasteiger partial charge is 0.129 e. The van der Waals surface area contributed by atoms with E-state index in [1.54, 1.807) is 36.5 Å². The van der Waals surface area contributed by atoms with Gasteiger partial charge in [-0.15, -0.1) is 0 Å². The summed E-state index contributed by atoms with van der Waals surface area (Å²) in [5.74, 6) is -0.706.